The van der Waals surface area contributed by atoms with Crippen LogP contribution in [-0.2, 0) is 0 Å². The van der Waals surface area contributed by atoms with E-state index >= 15 is 0 Å². The molecule has 1 N–H and O–H groups in total. The summed E-state index contributed by atoms with van der Waals surface area (Å²) in [5, 5.41) is 3.69. The summed E-state index contributed by atoms with van der Waals surface area (Å²) >= 11 is 0. The minimum Gasteiger partial charge on any atom is -0.493 e. The third-order valence-electron chi connectivity index (χ3n) is 4.83. The number of benzene rings is 3. The summed E-state index contributed by atoms with van der Waals surface area (Å²) in [5.74, 6) is 1.88. The van der Waals surface area contributed by atoms with Crippen molar-refractivity contribution in [2.75, 3.05) is 11.9 Å². The predicted octanol–water partition coefficient (Wildman–Crippen LogP) is 5.07. The third-order valence-corrected chi connectivity index (χ3v) is 4.83. The molecule has 0 aliphatic carbocycles. The molecule has 3 aromatic carbocycles. The number of anilines is 1. The van der Waals surface area contributed by atoms with Crippen molar-refractivity contribution < 1.29 is 4.74 Å². The molecule has 0 amide bonds. The Labute approximate surface area is 152 Å². The maximum absolute atomic E-state index is 5.91. The second-order valence-corrected chi connectivity index (χ2v) is 6.36. The summed E-state index contributed by atoms with van der Waals surface area (Å²) in [5.41, 5.74) is 5.43. The molecule has 0 saturated heterocycles. The largest absolute Gasteiger partial charge is 0.493 e. The summed E-state index contributed by atoms with van der Waals surface area (Å²) in [6.45, 7) is 2.65. The fourth-order valence-electron chi connectivity index (χ4n) is 3.72. The molecule has 128 valence electrons. The number of ether oxygens (including phenoxy) is 1. The van der Waals surface area contributed by atoms with Crippen LogP contribution in [0.1, 0.15) is 18.7 Å². The molecular formula is C22H19N3O. The first kappa shape index (κ1) is 15.0. The second kappa shape index (κ2) is 5.92. The van der Waals surface area contributed by atoms with Gasteiger partial charge < -0.3 is 10.1 Å². The van der Waals surface area contributed by atoms with Gasteiger partial charge in [0.1, 0.15) is 17.7 Å². The molecule has 0 bridgehead atoms. The Bertz CT molecular complexity index is 1100. The zero-order valence-corrected chi connectivity index (χ0v) is 14.5. The molecule has 0 saturated carbocycles. The van der Waals surface area contributed by atoms with E-state index in [1.54, 1.807) is 0 Å². The van der Waals surface area contributed by atoms with E-state index in [4.69, 9.17) is 9.72 Å². The van der Waals surface area contributed by atoms with Crippen molar-refractivity contribution in [2.45, 2.75) is 13.1 Å². The molecule has 0 spiro atoms. The number of hydrogen-bond donors (Lipinski definition) is 1. The first-order chi connectivity index (χ1) is 12.9. The van der Waals surface area contributed by atoms with Crippen LogP contribution in [0.3, 0.4) is 0 Å². The summed E-state index contributed by atoms with van der Waals surface area (Å²) in [7, 11) is 0. The lowest BCUT2D eigenvalue weighted by Crippen LogP contribution is -2.25. The van der Waals surface area contributed by atoms with E-state index in [-0.39, 0.29) is 6.17 Å². The van der Waals surface area contributed by atoms with Crippen molar-refractivity contribution in [3.05, 3.63) is 78.4 Å². The lowest BCUT2D eigenvalue weighted by Gasteiger charge is -2.31. The highest BCUT2D eigenvalue weighted by molar-refractivity contribution is 5.86. The van der Waals surface area contributed by atoms with Gasteiger partial charge in [-0.3, -0.25) is 4.57 Å². The lowest BCUT2D eigenvalue weighted by atomic mass is 10.0. The molecule has 26 heavy (non-hydrogen) atoms. The fourth-order valence-corrected chi connectivity index (χ4v) is 3.72. The van der Waals surface area contributed by atoms with Crippen LogP contribution in [0.5, 0.6) is 5.75 Å². The highest BCUT2D eigenvalue weighted by atomic mass is 16.5. The standard InChI is InChI=1S/C22H19N3O/c1-2-26-20-14-8-4-10-16(20)22-23-17-11-5-3-9-15(17)21-24-18-12-6-7-13-19(18)25(21)22/h3-14,22-23H,2H2,1H3/t22-/m0/s1. The van der Waals surface area contributed by atoms with Gasteiger partial charge in [-0.15, -0.1) is 0 Å². The van der Waals surface area contributed by atoms with Gasteiger partial charge >= 0.3 is 0 Å². The lowest BCUT2D eigenvalue weighted by molar-refractivity contribution is 0.333. The van der Waals surface area contributed by atoms with E-state index in [9.17, 15) is 0 Å². The predicted molar refractivity (Wildman–Crippen MR) is 105 cm³/mol. The van der Waals surface area contributed by atoms with Crippen LogP contribution in [0.4, 0.5) is 5.69 Å². The molecule has 1 atom stereocenters. The van der Waals surface area contributed by atoms with E-state index in [0.717, 1.165) is 39.4 Å². The highest BCUT2D eigenvalue weighted by Crippen LogP contribution is 2.42. The molecular weight excluding hydrogens is 322 g/mol. The monoisotopic (exact) mass is 341 g/mol. The van der Waals surface area contributed by atoms with E-state index < -0.39 is 0 Å². The summed E-state index contributed by atoms with van der Waals surface area (Å²) in [6.07, 6.45) is -0.0740. The van der Waals surface area contributed by atoms with Gasteiger partial charge in [-0.25, -0.2) is 4.98 Å². The molecule has 1 aliphatic heterocycles. The number of imidazole rings is 1. The maximum Gasteiger partial charge on any atom is 0.145 e. The van der Waals surface area contributed by atoms with Crippen LogP contribution in [0.15, 0.2) is 72.8 Å². The molecule has 1 aromatic heterocycles. The van der Waals surface area contributed by atoms with Gasteiger partial charge in [0.05, 0.1) is 17.6 Å². The van der Waals surface area contributed by atoms with Crippen LogP contribution in [0, 0.1) is 0 Å². The van der Waals surface area contributed by atoms with Crippen molar-refractivity contribution in [3.63, 3.8) is 0 Å². The van der Waals surface area contributed by atoms with Gasteiger partial charge in [-0.05, 0) is 37.3 Å². The average Bonchev–Trinajstić information content (AvgIpc) is 3.08. The van der Waals surface area contributed by atoms with Crippen LogP contribution in [0.2, 0.25) is 0 Å². The first-order valence-electron chi connectivity index (χ1n) is 8.91. The van der Waals surface area contributed by atoms with Crippen molar-refractivity contribution in [2.24, 2.45) is 0 Å². The quantitative estimate of drug-likeness (QED) is 0.565. The van der Waals surface area contributed by atoms with E-state index in [1.165, 1.54) is 0 Å². The van der Waals surface area contributed by atoms with Gasteiger partial charge in [-0.1, -0.05) is 42.5 Å². The summed E-state index contributed by atoms with van der Waals surface area (Å²) in [6, 6.07) is 24.8. The van der Waals surface area contributed by atoms with E-state index in [0.29, 0.717) is 6.61 Å². The molecule has 0 unspecified atom stereocenters. The molecule has 5 rings (SSSR count). The van der Waals surface area contributed by atoms with Crippen LogP contribution >= 0.6 is 0 Å². The molecule has 4 aromatic rings. The third kappa shape index (κ3) is 2.19. The number of nitrogens with zero attached hydrogens (tertiary/aromatic N) is 2. The van der Waals surface area contributed by atoms with Gasteiger partial charge in [0.15, 0.2) is 0 Å². The summed E-state index contributed by atoms with van der Waals surface area (Å²) < 4.78 is 8.18. The van der Waals surface area contributed by atoms with E-state index in [1.807, 2.05) is 25.1 Å². The molecule has 0 fully saturated rings. The van der Waals surface area contributed by atoms with Gasteiger partial charge in [-0.2, -0.15) is 0 Å². The molecule has 2 heterocycles. The summed E-state index contributed by atoms with van der Waals surface area (Å²) in [4.78, 5) is 4.93. The van der Waals surface area contributed by atoms with Crippen LogP contribution in [-0.4, -0.2) is 16.2 Å². The average molecular weight is 341 g/mol. The minimum absolute atomic E-state index is 0.0740. The Balaban J connectivity index is 1.80. The van der Waals surface area contributed by atoms with Gasteiger partial charge in [0, 0.05) is 16.8 Å². The maximum atomic E-state index is 5.91. The van der Waals surface area contributed by atoms with Crippen molar-refractivity contribution in [1.29, 1.82) is 0 Å². The zero-order valence-electron chi connectivity index (χ0n) is 14.5. The SMILES string of the molecule is CCOc1ccccc1[C@H]1Nc2ccccc2-c2nc3ccccc3n21. The molecule has 1 aliphatic rings. The normalized spacial score (nSPS) is 15.2. The Hall–Kier alpha value is -3.27. The van der Waals surface area contributed by atoms with Crippen LogP contribution < -0.4 is 10.1 Å². The molecule has 4 heteroatoms. The molecule has 4 nitrogen and oxygen atoms in total. The first-order valence-corrected chi connectivity index (χ1v) is 8.91. The van der Waals surface area contributed by atoms with Crippen molar-refractivity contribution in [3.8, 4) is 17.1 Å². The minimum atomic E-state index is -0.0740. The number of hydrogen-bond acceptors (Lipinski definition) is 3. The van der Waals surface area contributed by atoms with Crippen molar-refractivity contribution in [1.82, 2.24) is 9.55 Å². The molecule has 0 radical (unpaired) electrons. The zero-order chi connectivity index (χ0) is 17.5. The van der Waals surface area contributed by atoms with Gasteiger partial charge in [0.2, 0.25) is 0 Å². The van der Waals surface area contributed by atoms with E-state index in [2.05, 4.69) is 64.5 Å². The Morgan fingerprint density at radius 3 is 2.65 bits per heavy atom. The highest BCUT2D eigenvalue weighted by Gasteiger charge is 2.29. The smallest absolute Gasteiger partial charge is 0.145 e. The topological polar surface area (TPSA) is 39.1 Å². The van der Waals surface area contributed by atoms with Crippen molar-refractivity contribution >= 4 is 16.7 Å². The number of rotatable bonds is 3. The Kier molecular flexibility index (Phi) is 3.42. The Morgan fingerprint density at radius 2 is 1.73 bits per heavy atom. The van der Waals surface area contributed by atoms with Gasteiger partial charge in [0.25, 0.3) is 0 Å². The fraction of sp³-hybridized carbons (Fsp3) is 0.136. The number of para-hydroxylation sites is 4. The number of fused-ring (bicyclic) bond motifs is 5. The number of aromatic nitrogens is 2. The van der Waals surface area contributed by atoms with Crippen LogP contribution in [0.25, 0.3) is 22.4 Å². The number of nitrogens with one attached hydrogen (secondary N) is 1. The Morgan fingerprint density at radius 1 is 0.962 bits per heavy atom. The second-order valence-electron chi connectivity index (χ2n) is 6.36.